The van der Waals surface area contributed by atoms with Gasteiger partial charge < -0.3 is 10.8 Å². The van der Waals surface area contributed by atoms with Crippen molar-refractivity contribution in [3.05, 3.63) is 59.7 Å². The normalized spacial score (nSPS) is 19.5. The van der Waals surface area contributed by atoms with Gasteiger partial charge in [0, 0.05) is 5.92 Å². The number of nitrogens with two attached hydrogens (primary N) is 1. The number of carboxylic acid groups (broad SMARTS) is 1. The summed E-state index contributed by atoms with van der Waals surface area (Å²) in [6.07, 6.45) is 0.777. The monoisotopic (exact) mass is 396 g/mol. The van der Waals surface area contributed by atoms with Crippen molar-refractivity contribution in [3.63, 3.8) is 0 Å². The van der Waals surface area contributed by atoms with Crippen LogP contribution in [-0.4, -0.2) is 25.0 Å². The molecule has 3 rings (SSSR count). The maximum Gasteiger partial charge on any atom is 0.324 e. The third-order valence-electron chi connectivity index (χ3n) is 4.61. The number of halogens is 1. The molecule has 4 N–H and O–H groups in total. The van der Waals surface area contributed by atoms with E-state index in [1.807, 2.05) is 6.92 Å². The Morgan fingerprint density at radius 2 is 1.73 bits per heavy atom. The number of sulfonamides is 1. The number of benzene rings is 2. The van der Waals surface area contributed by atoms with E-state index in [1.165, 1.54) is 6.07 Å². The Balaban J connectivity index is 0.00000243. The van der Waals surface area contributed by atoms with E-state index >= 15 is 0 Å². The van der Waals surface area contributed by atoms with Crippen LogP contribution < -0.4 is 10.5 Å². The van der Waals surface area contributed by atoms with E-state index in [0.29, 0.717) is 23.2 Å². The summed E-state index contributed by atoms with van der Waals surface area (Å²) in [6.45, 7) is 1.86. The molecule has 1 heterocycles. The van der Waals surface area contributed by atoms with Crippen molar-refractivity contribution in [3.8, 4) is 0 Å². The van der Waals surface area contributed by atoms with Crippen molar-refractivity contribution in [1.29, 1.82) is 0 Å². The van der Waals surface area contributed by atoms with E-state index in [0.717, 1.165) is 0 Å². The summed E-state index contributed by atoms with van der Waals surface area (Å²) in [4.78, 5) is 12.2. The smallest absolute Gasteiger partial charge is 0.324 e. The van der Waals surface area contributed by atoms with Crippen LogP contribution in [0.5, 0.6) is 0 Å². The first-order valence-corrected chi connectivity index (χ1v) is 9.52. The molecule has 2 unspecified atom stereocenters. The molecule has 6 nitrogen and oxygen atoms in total. The summed E-state index contributed by atoms with van der Waals surface area (Å²) in [5.74, 6) is -1.94. The summed E-state index contributed by atoms with van der Waals surface area (Å²) in [5.41, 5.74) is 6.09. The van der Waals surface area contributed by atoms with Crippen LogP contribution in [0.25, 0.3) is 0 Å². The zero-order chi connectivity index (χ0) is 18.2. The minimum atomic E-state index is -3.82. The van der Waals surface area contributed by atoms with Gasteiger partial charge in [0.05, 0.1) is 10.6 Å². The third-order valence-corrected chi connectivity index (χ3v) is 6.05. The van der Waals surface area contributed by atoms with Crippen LogP contribution in [-0.2, 0) is 14.8 Å². The summed E-state index contributed by atoms with van der Waals surface area (Å²) in [7, 11) is -3.82. The number of carboxylic acids is 1. The molecule has 8 heteroatoms. The van der Waals surface area contributed by atoms with Crippen molar-refractivity contribution >= 4 is 34.1 Å². The van der Waals surface area contributed by atoms with E-state index in [1.54, 1.807) is 42.5 Å². The second kappa shape index (κ2) is 7.26. The van der Waals surface area contributed by atoms with Crippen molar-refractivity contribution < 1.29 is 18.3 Å². The van der Waals surface area contributed by atoms with Crippen molar-refractivity contribution in [2.45, 2.75) is 36.1 Å². The maximum atomic E-state index is 12.8. The quantitative estimate of drug-likeness (QED) is 0.736. The molecule has 0 bridgehead atoms. The molecule has 1 aliphatic heterocycles. The van der Waals surface area contributed by atoms with E-state index in [4.69, 9.17) is 5.73 Å². The van der Waals surface area contributed by atoms with Crippen LogP contribution >= 0.6 is 12.4 Å². The molecule has 0 fully saturated rings. The van der Waals surface area contributed by atoms with Crippen molar-refractivity contribution in [2.75, 3.05) is 4.72 Å². The predicted octanol–water partition coefficient (Wildman–Crippen LogP) is 2.94. The fourth-order valence-electron chi connectivity index (χ4n) is 3.52. The first-order chi connectivity index (χ1) is 11.8. The highest BCUT2D eigenvalue weighted by molar-refractivity contribution is 7.92. The Kier molecular flexibility index (Phi) is 5.65. The fourth-order valence-corrected chi connectivity index (χ4v) is 4.86. The molecular weight excluding hydrogens is 376 g/mol. The highest BCUT2D eigenvalue weighted by Gasteiger charge is 2.47. The average molecular weight is 397 g/mol. The molecule has 0 radical (unpaired) electrons. The molecule has 26 heavy (non-hydrogen) atoms. The van der Waals surface area contributed by atoms with Crippen LogP contribution in [0.1, 0.15) is 36.8 Å². The lowest BCUT2D eigenvalue weighted by molar-refractivity contribution is -0.144. The maximum absolute atomic E-state index is 12.8. The number of fused-ring (bicyclic) bond motifs is 2. The predicted molar refractivity (Wildman–Crippen MR) is 102 cm³/mol. The Bertz CT molecular complexity index is 932. The molecule has 2 aromatic carbocycles. The second-order valence-electron chi connectivity index (χ2n) is 6.26. The lowest BCUT2D eigenvalue weighted by atomic mass is 9.72. The molecule has 0 saturated heterocycles. The summed E-state index contributed by atoms with van der Waals surface area (Å²) in [5, 5.41) is 9.89. The van der Waals surface area contributed by atoms with Gasteiger partial charge in [-0.05, 0) is 29.7 Å². The van der Waals surface area contributed by atoms with Crippen molar-refractivity contribution in [1.82, 2.24) is 0 Å². The number of anilines is 1. The molecule has 0 spiro atoms. The number of nitrogens with one attached hydrogen (secondary N) is 1. The highest BCUT2D eigenvalue weighted by Crippen LogP contribution is 2.44. The molecule has 0 amide bonds. The Hall–Kier alpha value is -2.09. The Morgan fingerprint density at radius 3 is 2.35 bits per heavy atom. The molecule has 0 aliphatic carbocycles. The molecule has 2 aromatic rings. The third kappa shape index (κ3) is 3.18. The zero-order valence-electron chi connectivity index (χ0n) is 14.2. The number of rotatable bonds is 4. The lowest BCUT2D eigenvalue weighted by Gasteiger charge is -2.34. The zero-order valence-corrected chi connectivity index (χ0v) is 15.8. The number of hydrogen-bond donors (Lipinski definition) is 3. The SMILES string of the molecule is CCCC(N)(C(=O)O)C1c2ccccc2NS(=O)(=O)c2ccccc21.Cl. The molecule has 140 valence electrons. The van der Waals surface area contributed by atoms with E-state index in [2.05, 4.69) is 4.72 Å². The summed E-state index contributed by atoms with van der Waals surface area (Å²) >= 11 is 0. The molecular formula is C18H21ClN2O4S. The Morgan fingerprint density at radius 1 is 1.15 bits per heavy atom. The molecule has 0 aromatic heterocycles. The standard InChI is InChI=1S/C18H20N2O4S.ClH/c1-2-11-18(19,17(21)22)16-12-7-3-5-9-14(12)20-25(23,24)15-10-6-4-8-13(15)16;/h3-10,16,20H,2,11,19H2,1H3,(H,21,22);1H. The number of para-hydroxylation sites is 1. The molecule has 1 aliphatic rings. The molecule has 2 atom stereocenters. The van der Waals surface area contributed by atoms with Crippen LogP contribution in [0.15, 0.2) is 53.4 Å². The number of hydrogen-bond acceptors (Lipinski definition) is 4. The van der Waals surface area contributed by atoms with Gasteiger partial charge in [0.1, 0.15) is 5.54 Å². The van der Waals surface area contributed by atoms with Gasteiger partial charge in [0.15, 0.2) is 0 Å². The average Bonchev–Trinajstić information content (AvgIpc) is 2.66. The molecule has 0 saturated carbocycles. The van der Waals surface area contributed by atoms with Gasteiger partial charge >= 0.3 is 5.97 Å². The van der Waals surface area contributed by atoms with Gasteiger partial charge in [-0.1, -0.05) is 49.7 Å². The van der Waals surface area contributed by atoms with Crippen molar-refractivity contribution in [2.24, 2.45) is 5.73 Å². The topological polar surface area (TPSA) is 109 Å². The highest BCUT2D eigenvalue weighted by atomic mass is 35.5. The largest absolute Gasteiger partial charge is 0.480 e. The minimum absolute atomic E-state index is 0. The second-order valence-corrected chi connectivity index (χ2v) is 7.91. The lowest BCUT2D eigenvalue weighted by Crippen LogP contribution is -2.53. The van der Waals surface area contributed by atoms with E-state index < -0.39 is 27.4 Å². The van der Waals surface area contributed by atoms with Crippen LogP contribution in [0, 0.1) is 0 Å². The van der Waals surface area contributed by atoms with Gasteiger partial charge in [0.25, 0.3) is 10.0 Å². The van der Waals surface area contributed by atoms with Gasteiger partial charge in [0.2, 0.25) is 0 Å². The fraction of sp³-hybridized carbons (Fsp3) is 0.278. The van der Waals surface area contributed by atoms with Crippen LogP contribution in [0.2, 0.25) is 0 Å². The van der Waals surface area contributed by atoms with Gasteiger partial charge in [-0.3, -0.25) is 9.52 Å². The van der Waals surface area contributed by atoms with Gasteiger partial charge in [-0.25, -0.2) is 8.42 Å². The minimum Gasteiger partial charge on any atom is -0.480 e. The number of carbonyl (C=O) groups is 1. The number of aliphatic carboxylic acids is 1. The summed E-state index contributed by atoms with van der Waals surface area (Å²) < 4.78 is 28.1. The van der Waals surface area contributed by atoms with Crippen LogP contribution in [0.4, 0.5) is 5.69 Å². The first-order valence-electron chi connectivity index (χ1n) is 8.04. The van der Waals surface area contributed by atoms with Crippen LogP contribution in [0.3, 0.4) is 0 Å². The van der Waals surface area contributed by atoms with E-state index in [-0.39, 0.29) is 23.7 Å². The summed E-state index contributed by atoms with van der Waals surface area (Å²) in [6, 6.07) is 13.2. The van der Waals surface area contributed by atoms with Gasteiger partial charge in [-0.15, -0.1) is 12.4 Å². The first kappa shape index (κ1) is 20.2. The van der Waals surface area contributed by atoms with E-state index in [9.17, 15) is 18.3 Å². The Labute approximate surface area is 158 Å². The van der Waals surface area contributed by atoms with Gasteiger partial charge in [-0.2, -0.15) is 0 Å².